The standard InChI is InChI=1S/C14H13N5O/c1-18-12-7-10(8-15)3-4-11(12)19(9-20-2)14-13(18)16-5-6-17-14/h3-7H,9H2,1-2H3. The van der Waals surface area contributed by atoms with Crippen LogP contribution in [0.1, 0.15) is 5.56 Å². The van der Waals surface area contributed by atoms with Crippen molar-refractivity contribution in [1.29, 1.82) is 5.26 Å². The molecule has 3 rings (SSSR count). The van der Waals surface area contributed by atoms with Gasteiger partial charge in [-0.3, -0.25) is 4.90 Å². The van der Waals surface area contributed by atoms with E-state index < -0.39 is 0 Å². The van der Waals surface area contributed by atoms with E-state index in [1.807, 2.05) is 29.0 Å². The number of hydrogen-bond acceptors (Lipinski definition) is 6. The smallest absolute Gasteiger partial charge is 0.178 e. The van der Waals surface area contributed by atoms with E-state index in [-0.39, 0.29) is 0 Å². The van der Waals surface area contributed by atoms with Crippen LogP contribution in [0.25, 0.3) is 0 Å². The van der Waals surface area contributed by atoms with Crippen LogP contribution in [0.3, 0.4) is 0 Å². The van der Waals surface area contributed by atoms with Gasteiger partial charge in [0.1, 0.15) is 6.73 Å². The first kappa shape index (κ1) is 12.4. The van der Waals surface area contributed by atoms with Gasteiger partial charge in [-0.2, -0.15) is 5.26 Å². The number of methoxy groups -OCH3 is 1. The molecular weight excluding hydrogens is 254 g/mol. The number of ether oxygens (including phenoxy) is 1. The molecule has 6 heteroatoms. The van der Waals surface area contributed by atoms with Gasteiger partial charge >= 0.3 is 0 Å². The van der Waals surface area contributed by atoms with Gasteiger partial charge in [0.05, 0.1) is 23.0 Å². The summed E-state index contributed by atoms with van der Waals surface area (Å²) >= 11 is 0. The number of rotatable bonds is 2. The Bertz CT molecular complexity index is 694. The van der Waals surface area contributed by atoms with E-state index in [0.29, 0.717) is 12.3 Å². The highest BCUT2D eigenvalue weighted by molar-refractivity contribution is 5.89. The Kier molecular flexibility index (Phi) is 2.97. The lowest BCUT2D eigenvalue weighted by Gasteiger charge is -2.35. The van der Waals surface area contributed by atoms with Gasteiger partial charge in [-0.25, -0.2) is 9.97 Å². The highest BCUT2D eigenvalue weighted by atomic mass is 16.5. The lowest BCUT2D eigenvalue weighted by molar-refractivity contribution is 0.205. The first-order chi connectivity index (χ1) is 9.76. The van der Waals surface area contributed by atoms with E-state index in [9.17, 15) is 0 Å². The summed E-state index contributed by atoms with van der Waals surface area (Å²) in [4.78, 5) is 12.6. The van der Waals surface area contributed by atoms with E-state index in [1.54, 1.807) is 25.6 Å². The first-order valence-corrected chi connectivity index (χ1v) is 6.11. The molecule has 0 atom stereocenters. The Morgan fingerprint density at radius 1 is 1.20 bits per heavy atom. The molecule has 0 spiro atoms. The minimum Gasteiger partial charge on any atom is -0.364 e. The lowest BCUT2D eigenvalue weighted by Crippen LogP contribution is -2.30. The number of fused-ring (bicyclic) bond motifs is 2. The second-order valence-electron chi connectivity index (χ2n) is 4.42. The molecule has 0 saturated carbocycles. The summed E-state index contributed by atoms with van der Waals surface area (Å²) < 4.78 is 5.26. The number of aromatic nitrogens is 2. The topological polar surface area (TPSA) is 65.3 Å². The van der Waals surface area contributed by atoms with Crippen molar-refractivity contribution < 1.29 is 4.74 Å². The molecule has 1 aliphatic heterocycles. The summed E-state index contributed by atoms with van der Waals surface area (Å²) in [5.74, 6) is 1.49. The average Bonchev–Trinajstić information content (AvgIpc) is 2.51. The van der Waals surface area contributed by atoms with Crippen LogP contribution in [0.15, 0.2) is 30.6 Å². The number of benzene rings is 1. The molecular formula is C14H13N5O. The third-order valence-corrected chi connectivity index (χ3v) is 3.25. The van der Waals surface area contributed by atoms with E-state index in [2.05, 4.69) is 16.0 Å². The summed E-state index contributed by atoms with van der Waals surface area (Å²) in [6.07, 6.45) is 3.31. The average molecular weight is 267 g/mol. The number of nitrogens with zero attached hydrogens (tertiary/aromatic N) is 5. The number of hydrogen-bond donors (Lipinski definition) is 0. The molecule has 0 N–H and O–H groups in total. The fourth-order valence-corrected chi connectivity index (χ4v) is 2.33. The molecule has 0 amide bonds. The van der Waals surface area contributed by atoms with Crippen molar-refractivity contribution in [3.05, 3.63) is 36.2 Å². The van der Waals surface area contributed by atoms with Crippen molar-refractivity contribution in [1.82, 2.24) is 9.97 Å². The van der Waals surface area contributed by atoms with Crippen LogP contribution in [0.4, 0.5) is 23.0 Å². The molecule has 2 aromatic rings. The third kappa shape index (κ3) is 1.76. The van der Waals surface area contributed by atoms with Crippen LogP contribution >= 0.6 is 0 Å². The molecule has 6 nitrogen and oxygen atoms in total. The lowest BCUT2D eigenvalue weighted by atomic mass is 10.1. The number of nitriles is 1. The Morgan fingerprint density at radius 2 is 1.95 bits per heavy atom. The second-order valence-corrected chi connectivity index (χ2v) is 4.42. The van der Waals surface area contributed by atoms with Gasteiger partial charge in [0, 0.05) is 26.6 Å². The Hall–Kier alpha value is -2.65. The molecule has 1 aromatic carbocycles. The zero-order chi connectivity index (χ0) is 14.1. The van der Waals surface area contributed by atoms with E-state index in [4.69, 9.17) is 10.00 Å². The van der Waals surface area contributed by atoms with Crippen molar-refractivity contribution in [2.45, 2.75) is 0 Å². The van der Waals surface area contributed by atoms with Crippen LogP contribution in [-0.2, 0) is 4.74 Å². The van der Waals surface area contributed by atoms with Crippen LogP contribution in [0.5, 0.6) is 0 Å². The van der Waals surface area contributed by atoms with Gasteiger partial charge in [-0.15, -0.1) is 0 Å². The molecule has 0 fully saturated rings. The minimum atomic E-state index is 0.373. The maximum atomic E-state index is 9.06. The molecule has 0 aliphatic carbocycles. The fourth-order valence-electron chi connectivity index (χ4n) is 2.33. The molecule has 0 saturated heterocycles. The van der Waals surface area contributed by atoms with Crippen LogP contribution in [0, 0.1) is 11.3 Å². The molecule has 20 heavy (non-hydrogen) atoms. The van der Waals surface area contributed by atoms with Gasteiger partial charge in [0.25, 0.3) is 0 Å². The monoisotopic (exact) mass is 267 g/mol. The highest BCUT2D eigenvalue weighted by Crippen LogP contribution is 2.44. The predicted octanol–water partition coefficient (Wildman–Crippen LogP) is 2.17. The summed E-state index contributed by atoms with van der Waals surface area (Å²) in [7, 11) is 3.55. The zero-order valence-electron chi connectivity index (χ0n) is 11.2. The molecule has 100 valence electrons. The van der Waals surface area contributed by atoms with Crippen LogP contribution < -0.4 is 9.80 Å². The predicted molar refractivity (Wildman–Crippen MR) is 75.3 cm³/mol. The molecule has 0 bridgehead atoms. The van der Waals surface area contributed by atoms with Gasteiger partial charge in [0.15, 0.2) is 11.6 Å². The SMILES string of the molecule is COCN1c2ccc(C#N)cc2N(C)c2nccnc21. The van der Waals surface area contributed by atoms with Crippen molar-refractivity contribution >= 4 is 23.0 Å². The summed E-state index contributed by atoms with van der Waals surface area (Å²) in [6, 6.07) is 7.69. The number of anilines is 4. The van der Waals surface area contributed by atoms with Gasteiger partial charge < -0.3 is 9.64 Å². The van der Waals surface area contributed by atoms with Crippen molar-refractivity contribution in [2.24, 2.45) is 0 Å². The molecule has 0 radical (unpaired) electrons. The summed E-state index contributed by atoms with van der Waals surface area (Å²) in [5, 5.41) is 9.06. The maximum Gasteiger partial charge on any atom is 0.178 e. The Morgan fingerprint density at radius 3 is 2.65 bits per heavy atom. The van der Waals surface area contributed by atoms with E-state index in [0.717, 1.165) is 23.0 Å². The van der Waals surface area contributed by atoms with Crippen molar-refractivity contribution in [3.63, 3.8) is 0 Å². The van der Waals surface area contributed by atoms with Crippen LogP contribution in [-0.4, -0.2) is 30.9 Å². The van der Waals surface area contributed by atoms with E-state index in [1.165, 1.54) is 0 Å². The summed E-state index contributed by atoms with van der Waals surface area (Å²) in [5.41, 5.74) is 2.47. The van der Waals surface area contributed by atoms with Gasteiger partial charge in [0.2, 0.25) is 0 Å². The maximum absolute atomic E-state index is 9.06. The van der Waals surface area contributed by atoms with Crippen LogP contribution in [0.2, 0.25) is 0 Å². The Balaban J connectivity index is 2.21. The molecule has 2 heterocycles. The quantitative estimate of drug-likeness (QED) is 0.830. The largest absolute Gasteiger partial charge is 0.364 e. The third-order valence-electron chi connectivity index (χ3n) is 3.25. The Labute approximate surface area is 116 Å². The molecule has 0 unspecified atom stereocenters. The zero-order valence-corrected chi connectivity index (χ0v) is 11.2. The summed E-state index contributed by atoms with van der Waals surface area (Å²) in [6.45, 7) is 0.373. The van der Waals surface area contributed by atoms with Crippen molar-refractivity contribution in [2.75, 3.05) is 30.7 Å². The highest BCUT2D eigenvalue weighted by Gasteiger charge is 2.28. The molecule has 1 aromatic heterocycles. The van der Waals surface area contributed by atoms with Gasteiger partial charge in [-0.05, 0) is 18.2 Å². The first-order valence-electron chi connectivity index (χ1n) is 6.11. The molecule has 1 aliphatic rings. The normalized spacial score (nSPS) is 12.7. The van der Waals surface area contributed by atoms with E-state index >= 15 is 0 Å². The fraction of sp³-hybridized carbons (Fsp3) is 0.214. The van der Waals surface area contributed by atoms with Gasteiger partial charge in [-0.1, -0.05) is 0 Å². The minimum absolute atomic E-state index is 0.373. The second kappa shape index (κ2) is 4.79. The van der Waals surface area contributed by atoms with Crippen molar-refractivity contribution in [3.8, 4) is 6.07 Å².